The van der Waals surface area contributed by atoms with Crippen molar-refractivity contribution in [3.63, 3.8) is 0 Å². The van der Waals surface area contributed by atoms with Crippen molar-refractivity contribution < 1.29 is 14.3 Å². The van der Waals surface area contributed by atoms with Gasteiger partial charge in [0.15, 0.2) is 11.5 Å². The molecule has 174 valence electrons. The van der Waals surface area contributed by atoms with Gasteiger partial charge in [0.1, 0.15) is 18.2 Å². The van der Waals surface area contributed by atoms with Crippen LogP contribution in [-0.2, 0) is 11.4 Å². The van der Waals surface area contributed by atoms with Crippen LogP contribution in [0.15, 0.2) is 69.1 Å². The average Bonchev–Trinajstić information content (AvgIpc) is 2.80. The van der Waals surface area contributed by atoms with Crippen LogP contribution >= 0.6 is 31.9 Å². The number of anilines is 1. The quantitative estimate of drug-likeness (QED) is 0.222. The van der Waals surface area contributed by atoms with Crippen LogP contribution in [0.1, 0.15) is 29.2 Å². The van der Waals surface area contributed by atoms with Gasteiger partial charge in [0.05, 0.1) is 11.1 Å². The lowest BCUT2D eigenvalue weighted by molar-refractivity contribution is -0.112. The molecule has 0 aliphatic heterocycles. The number of halogens is 2. The third kappa shape index (κ3) is 6.49. The van der Waals surface area contributed by atoms with Gasteiger partial charge in [-0.2, -0.15) is 5.26 Å². The number of amides is 1. The van der Waals surface area contributed by atoms with E-state index >= 15 is 0 Å². The summed E-state index contributed by atoms with van der Waals surface area (Å²) in [5.74, 6) is 0.609. The first-order valence-corrected chi connectivity index (χ1v) is 12.2. The molecule has 0 spiro atoms. The number of rotatable bonds is 8. The lowest BCUT2D eigenvalue weighted by atomic mass is 10.1. The molecule has 0 bridgehead atoms. The molecule has 0 saturated heterocycles. The Hall–Kier alpha value is -3.08. The standard InChI is InChI=1S/C27H24Br2N2O3/c1-4-33-24-14-20(13-23(29)26(24)34-16-19-8-10-22(28)11-9-19)12-21(15-30)27(32)31-25-17(2)6-5-7-18(25)3/h5-14H,4,16H2,1-3H3,(H,31,32)/b21-12-. The minimum atomic E-state index is -0.468. The van der Waals surface area contributed by atoms with Crippen molar-refractivity contribution in [2.24, 2.45) is 0 Å². The highest BCUT2D eigenvalue weighted by Crippen LogP contribution is 2.38. The Bertz CT molecular complexity index is 1240. The zero-order valence-corrected chi connectivity index (χ0v) is 22.3. The van der Waals surface area contributed by atoms with Crippen molar-refractivity contribution in [3.8, 4) is 17.6 Å². The highest BCUT2D eigenvalue weighted by atomic mass is 79.9. The molecule has 1 amide bonds. The summed E-state index contributed by atoms with van der Waals surface area (Å²) >= 11 is 6.98. The van der Waals surface area contributed by atoms with E-state index in [1.807, 2.05) is 69.3 Å². The summed E-state index contributed by atoms with van der Waals surface area (Å²) in [6, 6.07) is 19.2. The molecule has 0 saturated carbocycles. The molecule has 0 aliphatic carbocycles. The molecule has 0 radical (unpaired) electrons. The summed E-state index contributed by atoms with van der Waals surface area (Å²) in [4.78, 5) is 12.8. The van der Waals surface area contributed by atoms with Gasteiger partial charge in [-0.1, -0.05) is 46.3 Å². The van der Waals surface area contributed by atoms with Crippen molar-refractivity contribution in [3.05, 3.63) is 91.4 Å². The van der Waals surface area contributed by atoms with Crippen LogP contribution in [-0.4, -0.2) is 12.5 Å². The lowest BCUT2D eigenvalue weighted by Crippen LogP contribution is -2.15. The van der Waals surface area contributed by atoms with Crippen LogP contribution in [0, 0.1) is 25.2 Å². The molecule has 0 heterocycles. The monoisotopic (exact) mass is 582 g/mol. The Labute approximate surface area is 216 Å². The molecule has 0 aliphatic rings. The summed E-state index contributed by atoms with van der Waals surface area (Å²) in [7, 11) is 0. The molecule has 0 atom stereocenters. The van der Waals surface area contributed by atoms with E-state index < -0.39 is 5.91 Å². The van der Waals surface area contributed by atoms with Gasteiger partial charge in [-0.3, -0.25) is 4.79 Å². The number of benzene rings is 3. The second-order valence-corrected chi connectivity index (χ2v) is 9.34. The van der Waals surface area contributed by atoms with E-state index in [1.54, 1.807) is 12.1 Å². The molecule has 7 heteroatoms. The lowest BCUT2D eigenvalue weighted by Gasteiger charge is -2.15. The molecule has 3 rings (SSSR count). The Morgan fingerprint density at radius 2 is 1.74 bits per heavy atom. The van der Waals surface area contributed by atoms with E-state index in [4.69, 9.17) is 9.47 Å². The highest BCUT2D eigenvalue weighted by molar-refractivity contribution is 9.10. The number of nitriles is 1. The van der Waals surface area contributed by atoms with Gasteiger partial charge in [0.25, 0.3) is 5.91 Å². The minimum absolute atomic E-state index is 0.0134. The van der Waals surface area contributed by atoms with Crippen molar-refractivity contribution >= 4 is 49.5 Å². The number of hydrogen-bond donors (Lipinski definition) is 1. The smallest absolute Gasteiger partial charge is 0.266 e. The molecular weight excluding hydrogens is 560 g/mol. The number of carbonyl (C=O) groups is 1. The number of ether oxygens (including phenoxy) is 2. The van der Waals surface area contributed by atoms with Crippen molar-refractivity contribution in [1.29, 1.82) is 5.26 Å². The van der Waals surface area contributed by atoms with E-state index in [0.29, 0.717) is 40.4 Å². The number of aryl methyl sites for hydroxylation is 2. The first-order chi connectivity index (χ1) is 16.3. The molecule has 5 nitrogen and oxygen atoms in total. The third-order valence-corrected chi connectivity index (χ3v) is 6.14. The van der Waals surface area contributed by atoms with Crippen molar-refractivity contribution in [2.75, 3.05) is 11.9 Å². The maximum absolute atomic E-state index is 12.8. The SMILES string of the molecule is CCOc1cc(/C=C(/C#N)C(=O)Nc2c(C)cccc2C)cc(Br)c1OCc1ccc(Br)cc1. The molecule has 0 unspecified atom stereocenters. The van der Waals surface area contributed by atoms with E-state index in [9.17, 15) is 10.1 Å². The largest absolute Gasteiger partial charge is 0.490 e. The van der Waals surface area contributed by atoms with Crippen molar-refractivity contribution in [1.82, 2.24) is 0 Å². The topological polar surface area (TPSA) is 71.3 Å². The Morgan fingerprint density at radius 3 is 2.35 bits per heavy atom. The predicted octanol–water partition coefficient (Wildman–Crippen LogP) is 7.35. The molecule has 34 heavy (non-hydrogen) atoms. The number of nitrogens with zero attached hydrogens (tertiary/aromatic N) is 1. The van der Waals surface area contributed by atoms with E-state index in [1.165, 1.54) is 6.08 Å². The number of para-hydroxylation sites is 1. The maximum Gasteiger partial charge on any atom is 0.266 e. The maximum atomic E-state index is 12.8. The number of nitrogens with one attached hydrogen (secondary N) is 1. The summed E-state index contributed by atoms with van der Waals surface area (Å²) in [6.07, 6.45) is 1.54. The first-order valence-electron chi connectivity index (χ1n) is 10.6. The van der Waals surface area contributed by atoms with E-state index in [0.717, 1.165) is 21.2 Å². The van der Waals surface area contributed by atoms with Gasteiger partial charge in [-0.05, 0) is 89.3 Å². The summed E-state index contributed by atoms with van der Waals surface area (Å²) in [6.45, 7) is 6.51. The van der Waals surface area contributed by atoms with Gasteiger partial charge in [0, 0.05) is 10.2 Å². The van der Waals surface area contributed by atoms with Crippen LogP contribution < -0.4 is 14.8 Å². The Morgan fingerprint density at radius 1 is 1.06 bits per heavy atom. The van der Waals surface area contributed by atoms with Crippen LogP contribution in [0.5, 0.6) is 11.5 Å². The fourth-order valence-corrected chi connectivity index (χ4v) is 4.16. The summed E-state index contributed by atoms with van der Waals surface area (Å²) in [5, 5.41) is 12.5. The zero-order chi connectivity index (χ0) is 24.7. The van der Waals surface area contributed by atoms with Gasteiger partial charge in [0.2, 0.25) is 0 Å². The zero-order valence-electron chi connectivity index (χ0n) is 19.1. The second kappa shape index (κ2) is 11.9. The Balaban J connectivity index is 1.86. The fraction of sp³-hybridized carbons (Fsp3) is 0.185. The van der Waals surface area contributed by atoms with E-state index in [-0.39, 0.29) is 5.57 Å². The highest BCUT2D eigenvalue weighted by Gasteiger charge is 2.16. The molecule has 0 fully saturated rings. The molecular formula is C27H24Br2N2O3. The normalized spacial score (nSPS) is 11.0. The average molecular weight is 584 g/mol. The van der Waals surface area contributed by atoms with Crippen LogP contribution in [0.4, 0.5) is 5.69 Å². The van der Waals surface area contributed by atoms with Gasteiger partial charge < -0.3 is 14.8 Å². The first kappa shape index (κ1) is 25.5. The third-order valence-electron chi connectivity index (χ3n) is 5.02. The fourth-order valence-electron chi connectivity index (χ4n) is 3.32. The van der Waals surface area contributed by atoms with Crippen LogP contribution in [0.3, 0.4) is 0 Å². The van der Waals surface area contributed by atoms with E-state index in [2.05, 4.69) is 37.2 Å². The van der Waals surface area contributed by atoms with Crippen LogP contribution in [0.2, 0.25) is 0 Å². The van der Waals surface area contributed by atoms with Gasteiger partial charge in [-0.15, -0.1) is 0 Å². The van der Waals surface area contributed by atoms with Gasteiger partial charge in [-0.25, -0.2) is 0 Å². The minimum Gasteiger partial charge on any atom is -0.490 e. The molecule has 3 aromatic rings. The number of carbonyl (C=O) groups excluding carboxylic acids is 1. The summed E-state index contributed by atoms with van der Waals surface area (Å²) in [5.41, 5.74) is 4.21. The summed E-state index contributed by atoms with van der Waals surface area (Å²) < 4.78 is 13.5. The predicted molar refractivity (Wildman–Crippen MR) is 142 cm³/mol. The number of hydrogen-bond acceptors (Lipinski definition) is 4. The molecule has 1 N–H and O–H groups in total. The van der Waals surface area contributed by atoms with Crippen LogP contribution in [0.25, 0.3) is 6.08 Å². The second-order valence-electron chi connectivity index (χ2n) is 7.57. The molecule has 0 aromatic heterocycles. The Kier molecular flexibility index (Phi) is 8.91. The van der Waals surface area contributed by atoms with Crippen molar-refractivity contribution in [2.45, 2.75) is 27.4 Å². The van der Waals surface area contributed by atoms with Gasteiger partial charge >= 0.3 is 0 Å². The molecule has 3 aromatic carbocycles.